The molecule has 0 bridgehead atoms. The van der Waals surface area contributed by atoms with Crippen LogP contribution in [0.5, 0.6) is 0 Å². The summed E-state index contributed by atoms with van der Waals surface area (Å²) in [4.78, 5) is 14.9. The Morgan fingerprint density at radius 2 is 2.46 bits per heavy atom. The van der Waals surface area contributed by atoms with E-state index >= 15 is 0 Å². The third-order valence-electron chi connectivity index (χ3n) is 1.41. The van der Waals surface area contributed by atoms with E-state index in [2.05, 4.69) is 4.98 Å². The predicted octanol–water partition coefficient (Wildman–Crippen LogP) is 0.417. The van der Waals surface area contributed by atoms with Crippen LogP contribution < -0.4 is 5.73 Å². The number of anilines is 1. The molecule has 2 N–H and O–H groups in total. The van der Waals surface area contributed by atoms with Gasteiger partial charge in [-0.15, -0.1) is 0 Å². The molecule has 13 heavy (non-hydrogen) atoms. The number of carbonyl (C=O) groups excluding carboxylic acids is 1. The van der Waals surface area contributed by atoms with Crippen molar-refractivity contribution in [3.8, 4) is 0 Å². The average molecular weight is 183 g/mol. The van der Waals surface area contributed by atoms with Crippen molar-refractivity contribution in [1.82, 2.24) is 9.55 Å². The number of nitrogens with two attached hydrogens (primary N) is 1. The standard InChI is InChI=1S/C8H13N3O2/c1-6(2)13-7(12)5-11-4-3-10-8(11)9/h3-4,6H,5H2,1-2H3,(H2,9,10). The Morgan fingerprint density at radius 3 is 2.92 bits per heavy atom. The third-order valence-corrected chi connectivity index (χ3v) is 1.41. The molecular formula is C8H13N3O2. The monoisotopic (exact) mass is 183 g/mol. The van der Waals surface area contributed by atoms with E-state index in [1.807, 2.05) is 0 Å². The first kappa shape index (κ1) is 9.57. The Morgan fingerprint density at radius 1 is 1.77 bits per heavy atom. The molecule has 0 aliphatic rings. The molecule has 0 saturated heterocycles. The number of hydrogen-bond acceptors (Lipinski definition) is 4. The minimum absolute atomic E-state index is 0.0998. The molecule has 0 radical (unpaired) electrons. The van der Waals surface area contributed by atoms with Crippen molar-refractivity contribution in [2.45, 2.75) is 26.5 Å². The van der Waals surface area contributed by atoms with Gasteiger partial charge < -0.3 is 15.0 Å². The van der Waals surface area contributed by atoms with Gasteiger partial charge in [0.05, 0.1) is 6.10 Å². The minimum Gasteiger partial charge on any atom is -0.462 e. The summed E-state index contributed by atoms with van der Waals surface area (Å²) in [6, 6.07) is 0. The number of nitrogen functional groups attached to an aromatic ring is 1. The smallest absolute Gasteiger partial charge is 0.326 e. The molecule has 0 saturated carbocycles. The largest absolute Gasteiger partial charge is 0.462 e. The van der Waals surface area contributed by atoms with Gasteiger partial charge in [0.15, 0.2) is 0 Å². The van der Waals surface area contributed by atoms with Crippen molar-refractivity contribution < 1.29 is 9.53 Å². The Hall–Kier alpha value is -1.52. The molecule has 5 heteroatoms. The van der Waals surface area contributed by atoms with Gasteiger partial charge >= 0.3 is 5.97 Å². The SMILES string of the molecule is CC(C)OC(=O)Cn1ccnc1N. The molecule has 0 aromatic carbocycles. The van der Waals surface area contributed by atoms with Crippen LogP contribution in [0.2, 0.25) is 0 Å². The highest BCUT2D eigenvalue weighted by Crippen LogP contribution is 1.99. The molecular weight excluding hydrogens is 170 g/mol. The maximum absolute atomic E-state index is 11.1. The van der Waals surface area contributed by atoms with Crippen molar-refractivity contribution in [3.63, 3.8) is 0 Å². The number of rotatable bonds is 3. The molecule has 1 heterocycles. The van der Waals surface area contributed by atoms with Crippen molar-refractivity contribution in [1.29, 1.82) is 0 Å². The summed E-state index contributed by atoms with van der Waals surface area (Å²) >= 11 is 0. The summed E-state index contributed by atoms with van der Waals surface area (Å²) in [6.45, 7) is 3.72. The lowest BCUT2D eigenvalue weighted by atomic mass is 10.5. The van der Waals surface area contributed by atoms with E-state index in [0.717, 1.165) is 0 Å². The number of aromatic nitrogens is 2. The van der Waals surface area contributed by atoms with E-state index in [-0.39, 0.29) is 18.6 Å². The van der Waals surface area contributed by atoms with Crippen LogP contribution in [0.15, 0.2) is 12.4 Å². The van der Waals surface area contributed by atoms with Crippen molar-refractivity contribution in [2.24, 2.45) is 0 Å². The van der Waals surface area contributed by atoms with Gasteiger partial charge in [0.1, 0.15) is 6.54 Å². The average Bonchev–Trinajstić information content (AvgIpc) is 2.34. The summed E-state index contributed by atoms with van der Waals surface area (Å²) in [5.74, 6) is 0.0143. The molecule has 5 nitrogen and oxygen atoms in total. The van der Waals surface area contributed by atoms with Gasteiger partial charge in [0, 0.05) is 12.4 Å². The molecule has 0 fully saturated rings. The Kier molecular flexibility index (Phi) is 2.89. The van der Waals surface area contributed by atoms with E-state index in [9.17, 15) is 4.79 Å². The minimum atomic E-state index is -0.306. The molecule has 0 spiro atoms. The summed E-state index contributed by atoms with van der Waals surface area (Å²) in [6.07, 6.45) is 3.08. The van der Waals surface area contributed by atoms with Gasteiger partial charge in [-0.2, -0.15) is 0 Å². The Labute approximate surface area is 76.5 Å². The number of nitrogens with zero attached hydrogens (tertiary/aromatic N) is 2. The van der Waals surface area contributed by atoms with Crippen LogP contribution in [-0.2, 0) is 16.1 Å². The molecule has 0 aliphatic heterocycles. The summed E-state index contributed by atoms with van der Waals surface area (Å²) in [7, 11) is 0. The number of esters is 1. The van der Waals surface area contributed by atoms with E-state index in [0.29, 0.717) is 5.95 Å². The lowest BCUT2D eigenvalue weighted by Crippen LogP contribution is -2.18. The van der Waals surface area contributed by atoms with Gasteiger partial charge in [-0.1, -0.05) is 0 Å². The quantitative estimate of drug-likeness (QED) is 0.689. The van der Waals surface area contributed by atoms with Crippen LogP contribution in [0.3, 0.4) is 0 Å². The third kappa shape index (κ3) is 2.77. The fourth-order valence-corrected chi connectivity index (χ4v) is 0.914. The topological polar surface area (TPSA) is 70.1 Å². The molecule has 1 aromatic heterocycles. The number of hydrogen-bond donors (Lipinski definition) is 1. The zero-order valence-electron chi connectivity index (χ0n) is 7.73. The lowest BCUT2D eigenvalue weighted by Gasteiger charge is -2.08. The van der Waals surface area contributed by atoms with Crippen LogP contribution in [0.1, 0.15) is 13.8 Å². The highest BCUT2D eigenvalue weighted by atomic mass is 16.5. The maximum Gasteiger partial charge on any atom is 0.326 e. The van der Waals surface area contributed by atoms with Gasteiger partial charge in [-0.05, 0) is 13.8 Å². The Bertz CT molecular complexity index is 293. The summed E-state index contributed by atoms with van der Waals surface area (Å²) in [5, 5.41) is 0. The van der Waals surface area contributed by atoms with Crippen LogP contribution in [-0.4, -0.2) is 21.6 Å². The van der Waals surface area contributed by atoms with E-state index in [1.165, 1.54) is 10.8 Å². The van der Waals surface area contributed by atoms with Crippen molar-refractivity contribution >= 4 is 11.9 Å². The van der Waals surface area contributed by atoms with Gasteiger partial charge in [-0.3, -0.25) is 4.79 Å². The molecule has 1 rings (SSSR count). The summed E-state index contributed by atoms with van der Waals surface area (Å²) in [5.41, 5.74) is 5.46. The fraction of sp³-hybridized carbons (Fsp3) is 0.500. The highest BCUT2D eigenvalue weighted by molar-refractivity contribution is 5.69. The number of ether oxygens (including phenoxy) is 1. The van der Waals surface area contributed by atoms with Crippen LogP contribution in [0.25, 0.3) is 0 Å². The fourth-order valence-electron chi connectivity index (χ4n) is 0.914. The van der Waals surface area contributed by atoms with E-state index in [4.69, 9.17) is 10.5 Å². The second-order valence-corrected chi connectivity index (χ2v) is 2.95. The summed E-state index contributed by atoms with van der Waals surface area (Å²) < 4.78 is 6.47. The lowest BCUT2D eigenvalue weighted by molar-refractivity contribution is -0.148. The van der Waals surface area contributed by atoms with E-state index in [1.54, 1.807) is 20.0 Å². The zero-order valence-corrected chi connectivity index (χ0v) is 7.73. The maximum atomic E-state index is 11.1. The molecule has 1 aromatic rings. The first-order valence-corrected chi connectivity index (χ1v) is 4.05. The second-order valence-electron chi connectivity index (χ2n) is 2.95. The van der Waals surface area contributed by atoms with Crippen LogP contribution in [0.4, 0.5) is 5.95 Å². The molecule has 0 aliphatic carbocycles. The molecule has 0 amide bonds. The predicted molar refractivity (Wildman–Crippen MR) is 47.9 cm³/mol. The van der Waals surface area contributed by atoms with Crippen molar-refractivity contribution in [3.05, 3.63) is 12.4 Å². The normalized spacial score (nSPS) is 10.4. The molecule has 0 atom stereocenters. The molecule has 72 valence electrons. The van der Waals surface area contributed by atoms with Crippen LogP contribution >= 0.6 is 0 Å². The Balaban J connectivity index is 2.50. The zero-order chi connectivity index (χ0) is 9.84. The van der Waals surface area contributed by atoms with E-state index < -0.39 is 0 Å². The first-order valence-electron chi connectivity index (χ1n) is 4.05. The van der Waals surface area contributed by atoms with Crippen LogP contribution in [0, 0.1) is 0 Å². The first-order chi connectivity index (χ1) is 6.09. The van der Waals surface area contributed by atoms with Gasteiger partial charge in [-0.25, -0.2) is 4.98 Å². The molecule has 0 unspecified atom stereocenters. The highest BCUT2D eigenvalue weighted by Gasteiger charge is 2.07. The second kappa shape index (κ2) is 3.93. The van der Waals surface area contributed by atoms with Crippen molar-refractivity contribution in [2.75, 3.05) is 5.73 Å². The van der Waals surface area contributed by atoms with Gasteiger partial charge in [0.2, 0.25) is 5.95 Å². The van der Waals surface area contributed by atoms with Gasteiger partial charge in [0.25, 0.3) is 0 Å². The number of imidazole rings is 1. The number of carbonyl (C=O) groups is 1.